The molecule has 0 bridgehead atoms. The quantitative estimate of drug-likeness (QED) is 0.383. The van der Waals surface area contributed by atoms with Crippen LogP contribution in [0.25, 0.3) is 0 Å². The Morgan fingerprint density at radius 1 is 0.889 bits per heavy atom. The van der Waals surface area contributed by atoms with E-state index in [0.29, 0.717) is 34.0 Å². The fourth-order valence-corrected chi connectivity index (χ4v) is 3.65. The molecule has 0 amide bonds. The number of hydrogen-bond donors (Lipinski definition) is 1. The molecule has 6 heteroatoms. The van der Waals surface area contributed by atoms with E-state index in [2.05, 4.69) is 21.2 Å². The van der Waals surface area contributed by atoms with E-state index >= 15 is 0 Å². The molecule has 1 N–H and O–H groups in total. The van der Waals surface area contributed by atoms with Gasteiger partial charge in [0.1, 0.15) is 6.61 Å². The first-order chi connectivity index (χ1) is 12.9. The lowest BCUT2D eigenvalue weighted by molar-refractivity contribution is 0.306. The molecule has 0 fully saturated rings. The van der Waals surface area contributed by atoms with Crippen molar-refractivity contribution in [1.29, 1.82) is 0 Å². The van der Waals surface area contributed by atoms with Crippen LogP contribution < -0.4 is 10.1 Å². The van der Waals surface area contributed by atoms with Gasteiger partial charge >= 0.3 is 0 Å². The Balaban J connectivity index is 1.68. The van der Waals surface area contributed by atoms with Crippen molar-refractivity contribution in [3.63, 3.8) is 0 Å². The maximum atomic E-state index is 6.40. The lowest BCUT2D eigenvalue weighted by atomic mass is 10.1. The number of rotatable bonds is 6. The molecular weight excluding hydrogens is 469 g/mol. The molecule has 3 rings (SSSR count). The third-order valence-electron chi connectivity index (χ3n) is 4.04. The summed E-state index contributed by atoms with van der Waals surface area (Å²) in [7, 11) is 0. The zero-order chi connectivity index (χ0) is 19.4. The fourth-order valence-electron chi connectivity index (χ4n) is 2.57. The smallest absolute Gasteiger partial charge is 0.156 e. The van der Waals surface area contributed by atoms with Gasteiger partial charge in [-0.1, -0.05) is 68.9 Å². The largest absolute Gasteiger partial charge is 0.486 e. The second-order valence-corrected chi connectivity index (χ2v) is 8.28. The second-order valence-electron chi connectivity index (χ2n) is 6.12. The molecule has 2 nitrogen and oxygen atoms in total. The standard InChI is InChI=1S/C21H17BrCl3NO/c1-13-2-7-17(23)10-20(13)26-11-15-8-18(24)21(19(25)9-15)27-12-14-3-5-16(22)6-4-14/h2-10,26H,11-12H2,1H3. The van der Waals surface area contributed by atoms with Crippen molar-refractivity contribution < 1.29 is 4.74 Å². The first-order valence-electron chi connectivity index (χ1n) is 8.27. The van der Waals surface area contributed by atoms with Gasteiger partial charge in [0, 0.05) is 21.7 Å². The molecule has 27 heavy (non-hydrogen) atoms. The highest BCUT2D eigenvalue weighted by Gasteiger charge is 2.11. The van der Waals surface area contributed by atoms with Crippen LogP contribution in [0.4, 0.5) is 5.69 Å². The number of nitrogens with one attached hydrogen (secondary N) is 1. The van der Waals surface area contributed by atoms with Crippen LogP contribution >= 0.6 is 50.7 Å². The first kappa shape index (κ1) is 20.3. The maximum Gasteiger partial charge on any atom is 0.156 e. The van der Waals surface area contributed by atoms with Crippen LogP contribution in [0.2, 0.25) is 15.1 Å². The Hall–Kier alpha value is -1.39. The summed E-state index contributed by atoms with van der Waals surface area (Å²) in [6.07, 6.45) is 0. The van der Waals surface area contributed by atoms with Crippen molar-refractivity contribution in [3.8, 4) is 5.75 Å². The van der Waals surface area contributed by atoms with E-state index in [9.17, 15) is 0 Å². The van der Waals surface area contributed by atoms with E-state index in [0.717, 1.165) is 26.9 Å². The Labute approximate surface area is 182 Å². The molecule has 140 valence electrons. The Bertz CT molecular complexity index is 922. The third kappa shape index (κ3) is 5.55. The van der Waals surface area contributed by atoms with Gasteiger partial charge < -0.3 is 10.1 Å². The van der Waals surface area contributed by atoms with Gasteiger partial charge in [0.15, 0.2) is 5.75 Å². The summed E-state index contributed by atoms with van der Waals surface area (Å²) in [5.74, 6) is 0.490. The Morgan fingerprint density at radius 2 is 1.56 bits per heavy atom. The fraction of sp³-hybridized carbons (Fsp3) is 0.143. The first-order valence-corrected chi connectivity index (χ1v) is 10.2. The maximum absolute atomic E-state index is 6.40. The number of anilines is 1. The van der Waals surface area contributed by atoms with Crippen LogP contribution in [0.1, 0.15) is 16.7 Å². The van der Waals surface area contributed by atoms with Gasteiger partial charge in [0.05, 0.1) is 10.0 Å². The predicted molar refractivity (Wildman–Crippen MR) is 118 cm³/mol. The number of benzene rings is 3. The minimum absolute atomic E-state index is 0.395. The number of hydrogen-bond acceptors (Lipinski definition) is 2. The molecule has 0 atom stereocenters. The number of halogens is 4. The SMILES string of the molecule is Cc1ccc(Cl)cc1NCc1cc(Cl)c(OCc2ccc(Br)cc2)c(Cl)c1. The van der Waals surface area contributed by atoms with E-state index in [1.165, 1.54) is 0 Å². The summed E-state index contributed by atoms with van der Waals surface area (Å²) in [4.78, 5) is 0. The van der Waals surface area contributed by atoms with Gasteiger partial charge in [-0.15, -0.1) is 0 Å². The van der Waals surface area contributed by atoms with E-state index in [1.54, 1.807) is 0 Å². The summed E-state index contributed by atoms with van der Waals surface area (Å²) in [5.41, 5.74) is 4.09. The van der Waals surface area contributed by atoms with Gasteiger partial charge in [-0.2, -0.15) is 0 Å². The van der Waals surface area contributed by atoms with Gasteiger partial charge in [0.2, 0.25) is 0 Å². The second kappa shape index (κ2) is 9.20. The molecule has 0 unspecified atom stereocenters. The normalized spacial score (nSPS) is 10.7. The average molecular weight is 486 g/mol. The Kier molecular flexibility index (Phi) is 6.93. The average Bonchev–Trinajstić information content (AvgIpc) is 2.63. The molecule has 0 aliphatic rings. The zero-order valence-corrected chi connectivity index (χ0v) is 18.4. The van der Waals surface area contributed by atoms with Crippen molar-refractivity contribution in [2.45, 2.75) is 20.1 Å². The number of aryl methyl sites for hydroxylation is 1. The zero-order valence-electron chi connectivity index (χ0n) is 14.5. The summed E-state index contributed by atoms with van der Waals surface area (Å²) in [6.45, 7) is 3.00. The predicted octanol–water partition coefficient (Wildman–Crippen LogP) is 7.91. The molecule has 0 heterocycles. The van der Waals surface area contributed by atoms with Gasteiger partial charge in [-0.05, 0) is 60.0 Å². The molecule has 0 aromatic heterocycles. The molecule has 0 saturated heterocycles. The van der Waals surface area contributed by atoms with Crippen molar-refractivity contribution in [2.75, 3.05) is 5.32 Å². The van der Waals surface area contributed by atoms with E-state index in [-0.39, 0.29) is 0 Å². The van der Waals surface area contributed by atoms with Crippen molar-refractivity contribution in [2.24, 2.45) is 0 Å². The van der Waals surface area contributed by atoms with Crippen molar-refractivity contribution in [3.05, 3.63) is 90.8 Å². The van der Waals surface area contributed by atoms with Gasteiger partial charge in [-0.3, -0.25) is 0 Å². The van der Waals surface area contributed by atoms with Crippen LogP contribution in [-0.2, 0) is 13.2 Å². The molecular formula is C21H17BrCl3NO. The van der Waals surface area contributed by atoms with Gasteiger partial charge in [-0.25, -0.2) is 0 Å². The highest BCUT2D eigenvalue weighted by molar-refractivity contribution is 9.10. The minimum atomic E-state index is 0.395. The highest BCUT2D eigenvalue weighted by Crippen LogP contribution is 2.35. The molecule has 0 aliphatic carbocycles. The van der Waals surface area contributed by atoms with E-state index in [4.69, 9.17) is 39.5 Å². The summed E-state index contributed by atoms with van der Waals surface area (Å²) in [5, 5.41) is 5.02. The lowest BCUT2D eigenvalue weighted by Crippen LogP contribution is -2.02. The molecule has 0 radical (unpaired) electrons. The molecule has 0 saturated carbocycles. The van der Waals surface area contributed by atoms with Gasteiger partial charge in [0.25, 0.3) is 0 Å². The summed E-state index contributed by atoms with van der Waals surface area (Å²) < 4.78 is 6.85. The summed E-state index contributed by atoms with van der Waals surface area (Å²) >= 11 is 22.3. The van der Waals surface area contributed by atoms with Crippen LogP contribution in [0.15, 0.2) is 59.1 Å². The topological polar surface area (TPSA) is 21.3 Å². The summed E-state index contributed by atoms with van der Waals surface area (Å²) in [6, 6.07) is 17.4. The van der Waals surface area contributed by atoms with Crippen LogP contribution in [-0.4, -0.2) is 0 Å². The van der Waals surface area contributed by atoms with E-state index in [1.807, 2.05) is 61.5 Å². The molecule has 0 spiro atoms. The van der Waals surface area contributed by atoms with Crippen molar-refractivity contribution >= 4 is 56.4 Å². The molecule has 3 aromatic rings. The Morgan fingerprint density at radius 3 is 2.22 bits per heavy atom. The van der Waals surface area contributed by atoms with Crippen LogP contribution in [0.3, 0.4) is 0 Å². The molecule has 0 aliphatic heterocycles. The van der Waals surface area contributed by atoms with E-state index < -0.39 is 0 Å². The monoisotopic (exact) mass is 483 g/mol. The van der Waals surface area contributed by atoms with Crippen molar-refractivity contribution in [1.82, 2.24) is 0 Å². The van der Waals surface area contributed by atoms with Crippen LogP contribution in [0, 0.1) is 6.92 Å². The van der Waals surface area contributed by atoms with Crippen LogP contribution in [0.5, 0.6) is 5.75 Å². The lowest BCUT2D eigenvalue weighted by Gasteiger charge is -2.14. The third-order valence-corrected chi connectivity index (χ3v) is 5.36. The minimum Gasteiger partial charge on any atom is -0.486 e. The highest BCUT2D eigenvalue weighted by atomic mass is 79.9. The number of ether oxygens (including phenoxy) is 1. The molecule has 3 aromatic carbocycles.